The predicted octanol–water partition coefficient (Wildman–Crippen LogP) is 3.69. The van der Waals surface area contributed by atoms with Crippen LogP contribution in [-0.2, 0) is 0 Å². The first-order valence-electron chi connectivity index (χ1n) is 7.36. The lowest BCUT2D eigenvalue weighted by Crippen LogP contribution is -2.15. The Labute approximate surface area is 125 Å². The summed E-state index contributed by atoms with van der Waals surface area (Å²) >= 11 is 0. The van der Waals surface area contributed by atoms with Gasteiger partial charge >= 0.3 is 0 Å². The van der Waals surface area contributed by atoms with Crippen molar-refractivity contribution >= 4 is 0 Å². The van der Waals surface area contributed by atoms with E-state index in [-0.39, 0.29) is 0 Å². The zero-order chi connectivity index (χ0) is 14.7. The fourth-order valence-electron chi connectivity index (χ4n) is 2.66. The predicted molar refractivity (Wildman–Crippen MR) is 81.9 cm³/mol. The van der Waals surface area contributed by atoms with E-state index in [1.54, 1.807) is 0 Å². The summed E-state index contributed by atoms with van der Waals surface area (Å²) < 4.78 is 11.1. The van der Waals surface area contributed by atoms with Gasteiger partial charge in [0.05, 0.1) is 6.10 Å². The fourth-order valence-corrected chi connectivity index (χ4v) is 2.66. The maximum absolute atomic E-state index is 10.5. The lowest BCUT2D eigenvalue weighted by Gasteiger charge is -2.21. The monoisotopic (exact) mass is 284 g/mol. The molecule has 0 saturated heterocycles. The van der Waals surface area contributed by atoms with Crippen LogP contribution in [0.4, 0.5) is 0 Å². The van der Waals surface area contributed by atoms with Crippen LogP contribution >= 0.6 is 0 Å². The Morgan fingerprint density at radius 3 is 2.43 bits per heavy atom. The number of benzene rings is 2. The molecule has 21 heavy (non-hydrogen) atoms. The van der Waals surface area contributed by atoms with Crippen molar-refractivity contribution in [1.29, 1.82) is 0 Å². The minimum Gasteiger partial charge on any atom is -0.486 e. The van der Waals surface area contributed by atoms with Crippen molar-refractivity contribution in [2.75, 3.05) is 13.2 Å². The molecule has 0 fully saturated rings. The molecule has 110 valence electrons. The summed E-state index contributed by atoms with van der Waals surface area (Å²) in [6, 6.07) is 15.9. The van der Waals surface area contributed by atoms with Gasteiger partial charge in [0.25, 0.3) is 0 Å². The molecule has 0 radical (unpaired) electrons. The number of rotatable bonds is 4. The van der Waals surface area contributed by atoms with E-state index < -0.39 is 6.10 Å². The van der Waals surface area contributed by atoms with Crippen LogP contribution in [0.3, 0.4) is 0 Å². The van der Waals surface area contributed by atoms with Crippen molar-refractivity contribution in [3.05, 3.63) is 59.7 Å². The summed E-state index contributed by atoms with van der Waals surface area (Å²) in [7, 11) is 0. The maximum Gasteiger partial charge on any atom is 0.161 e. The molecule has 3 heteroatoms. The second-order valence-corrected chi connectivity index (χ2v) is 5.47. The van der Waals surface area contributed by atoms with Crippen LogP contribution in [0.1, 0.15) is 36.5 Å². The van der Waals surface area contributed by atoms with E-state index >= 15 is 0 Å². The van der Waals surface area contributed by atoms with Crippen molar-refractivity contribution in [2.45, 2.75) is 25.4 Å². The molecular formula is C18H20O3. The van der Waals surface area contributed by atoms with Crippen LogP contribution in [0, 0.1) is 0 Å². The van der Waals surface area contributed by atoms with Crippen molar-refractivity contribution in [3.8, 4) is 11.5 Å². The normalized spacial score (nSPS) is 16.3. The zero-order valence-electron chi connectivity index (χ0n) is 12.2. The molecule has 3 rings (SSSR count). The van der Waals surface area contributed by atoms with Crippen molar-refractivity contribution < 1.29 is 14.6 Å². The van der Waals surface area contributed by atoms with Crippen LogP contribution < -0.4 is 9.47 Å². The second kappa shape index (κ2) is 6.19. The topological polar surface area (TPSA) is 38.7 Å². The number of aliphatic hydroxyl groups is 1. The molecule has 0 aliphatic carbocycles. The molecule has 0 spiro atoms. The van der Waals surface area contributed by atoms with Gasteiger partial charge in [0.2, 0.25) is 0 Å². The summed E-state index contributed by atoms with van der Waals surface area (Å²) in [5, 5.41) is 10.5. The Balaban J connectivity index is 1.72. The number of aliphatic hydroxyl groups excluding tert-OH is 1. The Morgan fingerprint density at radius 2 is 1.67 bits per heavy atom. The summed E-state index contributed by atoms with van der Waals surface area (Å²) in [5.74, 6) is 1.79. The summed E-state index contributed by atoms with van der Waals surface area (Å²) in [6.07, 6.45) is 0.181. The van der Waals surface area contributed by atoms with E-state index in [0.29, 0.717) is 25.6 Å². The lowest BCUT2D eigenvalue weighted by atomic mass is 9.92. The lowest BCUT2D eigenvalue weighted by molar-refractivity contribution is 0.154. The SMILES string of the molecule is CC(CC(O)c1ccc2c(c1)OCCO2)c1ccccc1. The first-order valence-corrected chi connectivity index (χ1v) is 7.36. The van der Waals surface area contributed by atoms with E-state index in [1.165, 1.54) is 5.56 Å². The van der Waals surface area contributed by atoms with Gasteiger partial charge in [0.15, 0.2) is 11.5 Å². The molecule has 1 aliphatic heterocycles. The van der Waals surface area contributed by atoms with Crippen LogP contribution in [0.25, 0.3) is 0 Å². The zero-order valence-corrected chi connectivity index (χ0v) is 12.2. The molecule has 0 saturated carbocycles. The summed E-state index contributed by atoms with van der Waals surface area (Å²) in [4.78, 5) is 0. The van der Waals surface area contributed by atoms with E-state index in [2.05, 4.69) is 19.1 Å². The minimum absolute atomic E-state index is 0.300. The molecule has 0 amide bonds. The minimum atomic E-state index is -0.504. The molecule has 0 aromatic heterocycles. The van der Waals surface area contributed by atoms with Crippen molar-refractivity contribution in [3.63, 3.8) is 0 Å². The van der Waals surface area contributed by atoms with E-state index in [4.69, 9.17) is 9.47 Å². The molecule has 0 bridgehead atoms. The third-order valence-electron chi connectivity index (χ3n) is 3.90. The standard InChI is InChI=1S/C18H20O3/c1-13(14-5-3-2-4-6-14)11-16(19)15-7-8-17-18(12-15)21-10-9-20-17/h2-8,12-13,16,19H,9-11H2,1H3. The van der Waals surface area contributed by atoms with Gasteiger partial charge in [-0.3, -0.25) is 0 Å². The number of ether oxygens (including phenoxy) is 2. The highest BCUT2D eigenvalue weighted by Crippen LogP contribution is 2.35. The van der Waals surface area contributed by atoms with Crippen molar-refractivity contribution in [1.82, 2.24) is 0 Å². The van der Waals surface area contributed by atoms with Gasteiger partial charge in [-0.2, -0.15) is 0 Å². The molecule has 2 aromatic rings. The molecule has 1 aliphatic rings. The highest BCUT2D eigenvalue weighted by atomic mass is 16.6. The van der Waals surface area contributed by atoms with E-state index in [9.17, 15) is 5.11 Å². The average Bonchev–Trinajstić information content (AvgIpc) is 2.55. The molecule has 2 atom stereocenters. The van der Waals surface area contributed by atoms with Crippen LogP contribution in [-0.4, -0.2) is 18.3 Å². The third kappa shape index (κ3) is 3.19. The molecular weight excluding hydrogens is 264 g/mol. The van der Waals surface area contributed by atoms with Gasteiger partial charge in [-0.1, -0.05) is 43.3 Å². The van der Waals surface area contributed by atoms with Crippen molar-refractivity contribution in [2.24, 2.45) is 0 Å². The van der Waals surface area contributed by atoms with Gasteiger partial charge in [0.1, 0.15) is 13.2 Å². The maximum atomic E-state index is 10.5. The third-order valence-corrected chi connectivity index (χ3v) is 3.90. The molecule has 2 aromatic carbocycles. The first-order chi connectivity index (χ1) is 10.2. The molecule has 1 N–H and O–H groups in total. The largest absolute Gasteiger partial charge is 0.486 e. The van der Waals surface area contributed by atoms with Gasteiger partial charge in [0, 0.05) is 0 Å². The summed E-state index contributed by atoms with van der Waals surface area (Å²) in [6.45, 7) is 3.28. The number of hydrogen-bond donors (Lipinski definition) is 1. The highest BCUT2D eigenvalue weighted by Gasteiger charge is 2.17. The van der Waals surface area contributed by atoms with E-state index in [0.717, 1.165) is 17.1 Å². The summed E-state index contributed by atoms with van der Waals surface area (Å²) in [5.41, 5.74) is 2.12. The Bertz CT molecular complexity index is 595. The Kier molecular flexibility index (Phi) is 4.11. The first kappa shape index (κ1) is 14.0. The molecule has 2 unspecified atom stereocenters. The number of fused-ring (bicyclic) bond motifs is 1. The second-order valence-electron chi connectivity index (χ2n) is 5.47. The number of hydrogen-bond acceptors (Lipinski definition) is 3. The molecule has 3 nitrogen and oxygen atoms in total. The van der Waals surface area contributed by atoms with Crippen LogP contribution in [0.2, 0.25) is 0 Å². The fraction of sp³-hybridized carbons (Fsp3) is 0.333. The van der Waals surface area contributed by atoms with Gasteiger partial charge in [-0.05, 0) is 35.6 Å². The quantitative estimate of drug-likeness (QED) is 0.930. The van der Waals surface area contributed by atoms with Gasteiger partial charge in [-0.15, -0.1) is 0 Å². The average molecular weight is 284 g/mol. The smallest absolute Gasteiger partial charge is 0.161 e. The van der Waals surface area contributed by atoms with Gasteiger partial charge < -0.3 is 14.6 Å². The Hall–Kier alpha value is -2.00. The van der Waals surface area contributed by atoms with Crippen LogP contribution in [0.5, 0.6) is 11.5 Å². The van der Waals surface area contributed by atoms with Crippen LogP contribution in [0.15, 0.2) is 48.5 Å². The highest BCUT2D eigenvalue weighted by molar-refractivity contribution is 5.44. The van der Waals surface area contributed by atoms with Gasteiger partial charge in [-0.25, -0.2) is 0 Å². The Morgan fingerprint density at radius 1 is 0.952 bits per heavy atom. The molecule has 1 heterocycles. The van der Waals surface area contributed by atoms with E-state index in [1.807, 2.05) is 36.4 Å².